The molecule has 0 atom stereocenters. The fourth-order valence-corrected chi connectivity index (χ4v) is 4.29. The molecule has 3 N–H and O–H groups in total. The fourth-order valence-electron chi connectivity index (χ4n) is 2.18. The molecule has 0 heterocycles. The minimum absolute atomic E-state index is 0.221. The minimum atomic E-state index is -0.221. The lowest BCUT2D eigenvalue weighted by atomic mass is 10.1. The molecule has 2 aromatic carbocycles. The van der Waals surface area contributed by atoms with Gasteiger partial charge in [0.2, 0.25) is 0 Å². The lowest BCUT2D eigenvalue weighted by Crippen LogP contribution is -2.24. The number of nitrogens with one attached hydrogen (secondary N) is 1. The van der Waals surface area contributed by atoms with Crippen LogP contribution in [-0.4, -0.2) is 11.7 Å². The summed E-state index contributed by atoms with van der Waals surface area (Å²) in [6.45, 7) is 4.40. The monoisotopic (exact) mass is 490 g/mol. The molecule has 2 rings (SSSR count). The van der Waals surface area contributed by atoms with Gasteiger partial charge in [0.25, 0.3) is 5.91 Å². The van der Waals surface area contributed by atoms with Crippen LogP contribution in [0.2, 0.25) is 5.02 Å². The molecule has 0 bridgehead atoms. The van der Waals surface area contributed by atoms with Crippen LogP contribution in [0.1, 0.15) is 28.4 Å². The highest BCUT2D eigenvalue weighted by atomic mass is 79.9. The number of carbonyl (C=O) groups is 1. The van der Waals surface area contributed by atoms with Gasteiger partial charge < -0.3 is 11.1 Å². The van der Waals surface area contributed by atoms with Crippen molar-refractivity contribution in [2.45, 2.75) is 25.3 Å². The van der Waals surface area contributed by atoms with Gasteiger partial charge >= 0.3 is 0 Å². The Labute approximate surface area is 168 Å². The Balaban J connectivity index is 2.22. The standard InChI is InChI=1S/C17H17Br2ClN2OS/c1-3-24-14-5-4-11(20)6-10(14)8-22-17(23)12-7-13(18)9(2)15(19)16(12)21/h4-7H,3,8,21H2,1-2H3,(H,22,23). The second-order valence-electron chi connectivity index (χ2n) is 5.13. The van der Waals surface area contributed by atoms with Crippen molar-refractivity contribution in [1.29, 1.82) is 0 Å². The molecule has 0 aromatic heterocycles. The Morgan fingerprint density at radius 2 is 2.04 bits per heavy atom. The molecule has 0 saturated heterocycles. The minimum Gasteiger partial charge on any atom is -0.397 e. The summed E-state index contributed by atoms with van der Waals surface area (Å²) in [5, 5.41) is 3.58. The molecule has 3 nitrogen and oxygen atoms in total. The maximum absolute atomic E-state index is 12.5. The van der Waals surface area contributed by atoms with E-state index in [0.717, 1.165) is 30.7 Å². The van der Waals surface area contributed by atoms with E-state index in [2.05, 4.69) is 44.1 Å². The van der Waals surface area contributed by atoms with Crippen molar-refractivity contribution in [2.75, 3.05) is 11.5 Å². The van der Waals surface area contributed by atoms with Crippen molar-refractivity contribution in [1.82, 2.24) is 5.32 Å². The molecule has 1 amide bonds. The average molecular weight is 493 g/mol. The van der Waals surface area contributed by atoms with E-state index in [9.17, 15) is 4.79 Å². The van der Waals surface area contributed by atoms with Gasteiger partial charge in [-0.3, -0.25) is 4.79 Å². The molecular formula is C17H17Br2ClN2OS. The summed E-state index contributed by atoms with van der Waals surface area (Å²) in [6.07, 6.45) is 0. The van der Waals surface area contributed by atoms with Crippen molar-refractivity contribution in [3.8, 4) is 0 Å². The van der Waals surface area contributed by atoms with Crippen molar-refractivity contribution < 1.29 is 4.79 Å². The Hall–Kier alpha value is -0.690. The van der Waals surface area contributed by atoms with Gasteiger partial charge in [0.05, 0.1) is 11.3 Å². The number of amides is 1. The third kappa shape index (κ3) is 4.48. The number of hydrogen-bond acceptors (Lipinski definition) is 3. The number of nitrogen functional groups attached to an aromatic ring is 1. The smallest absolute Gasteiger partial charge is 0.253 e. The van der Waals surface area contributed by atoms with Crippen molar-refractivity contribution in [2.24, 2.45) is 0 Å². The predicted molar refractivity (Wildman–Crippen MR) is 110 cm³/mol. The molecule has 128 valence electrons. The summed E-state index contributed by atoms with van der Waals surface area (Å²) in [6, 6.07) is 7.46. The topological polar surface area (TPSA) is 55.1 Å². The molecule has 0 aliphatic rings. The van der Waals surface area contributed by atoms with Crippen LogP contribution in [0.25, 0.3) is 0 Å². The van der Waals surface area contributed by atoms with Crippen molar-refractivity contribution in [3.63, 3.8) is 0 Å². The lowest BCUT2D eigenvalue weighted by molar-refractivity contribution is 0.0951. The number of hydrogen-bond donors (Lipinski definition) is 2. The summed E-state index contributed by atoms with van der Waals surface area (Å²) in [7, 11) is 0. The highest BCUT2D eigenvalue weighted by Crippen LogP contribution is 2.33. The molecule has 0 spiro atoms. The first-order valence-corrected chi connectivity index (χ1v) is 10.2. The van der Waals surface area contributed by atoms with Crippen LogP contribution in [0, 0.1) is 6.92 Å². The molecule has 7 heteroatoms. The second-order valence-corrected chi connectivity index (χ2v) is 8.52. The summed E-state index contributed by atoms with van der Waals surface area (Å²) in [4.78, 5) is 13.6. The Kier molecular flexibility index (Phi) is 7.04. The number of anilines is 1. The summed E-state index contributed by atoms with van der Waals surface area (Å²) in [5.41, 5.74) is 8.89. The van der Waals surface area contributed by atoms with E-state index in [1.165, 1.54) is 0 Å². The van der Waals surface area contributed by atoms with Crippen LogP contribution >= 0.6 is 55.2 Å². The first-order chi connectivity index (χ1) is 11.3. The number of rotatable bonds is 5. The molecule has 24 heavy (non-hydrogen) atoms. The van der Waals surface area contributed by atoms with Gasteiger partial charge in [-0.15, -0.1) is 11.8 Å². The predicted octanol–water partition coefficient (Wildman–Crippen LogP) is 5.80. The number of benzene rings is 2. The van der Waals surface area contributed by atoms with Gasteiger partial charge in [-0.25, -0.2) is 0 Å². The number of carbonyl (C=O) groups excluding carboxylic acids is 1. The van der Waals surface area contributed by atoms with Crippen LogP contribution in [0.3, 0.4) is 0 Å². The Morgan fingerprint density at radius 1 is 1.33 bits per heavy atom. The largest absolute Gasteiger partial charge is 0.397 e. The molecule has 0 unspecified atom stereocenters. The van der Waals surface area contributed by atoms with Crippen molar-refractivity contribution in [3.05, 3.63) is 54.9 Å². The van der Waals surface area contributed by atoms with E-state index in [1.807, 2.05) is 25.1 Å². The summed E-state index contributed by atoms with van der Waals surface area (Å²) >= 11 is 14.7. The van der Waals surface area contributed by atoms with Crippen LogP contribution in [-0.2, 0) is 6.54 Å². The fraction of sp³-hybridized carbons (Fsp3) is 0.235. The third-order valence-electron chi connectivity index (χ3n) is 3.49. The van der Waals surface area contributed by atoms with Gasteiger partial charge in [0, 0.05) is 25.4 Å². The molecule has 0 aliphatic heterocycles. The zero-order valence-electron chi connectivity index (χ0n) is 13.3. The van der Waals surface area contributed by atoms with E-state index < -0.39 is 0 Å². The first-order valence-electron chi connectivity index (χ1n) is 7.28. The Morgan fingerprint density at radius 3 is 2.71 bits per heavy atom. The average Bonchev–Trinajstić information content (AvgIpc) is 2.56. The molecule has 2 aromatic rings. The van der Waals surface area contributed by atoms with E-state index >= 15 is 0 Å². The zero-order chi connectivity index (χ0) is 17.9. The zero-order valence-corrected chi connectivity index (χ0v) is 18.0. The summed E-state index contributed by atoms with van der Waals surface area (Å²) in [5.74, 6) is 0.731. The quantitative estimate of drug-likeness (QED) is 0.410. The van der Waals surface area contributed by atoms with Gasteiger partial charge in [-0.05, 0) is 64.0 Å². The van der Waals surface area contributed by atoms with Gasteiger partial charge in [-0.1, -0.05) is 34.5 Å². The van der Waals surface area contributed by atoms with E-state index in [1.54, 1.807) is 17.8 Å². The Bertz CT molecular complexity index is 784. The lowest BCUT2D eigenvalue weighted by Gasteiger charge is -2.14. The van der Waals surface area contributed by atoms with Gasteiger partial charge in [-0.2, -0.15) is 0 Å². The highest BCUT2D eigenvalue weighted by molar-refractivity contribution is 9.11. The van der Waals surface area contributed by atoms with Gasteiger partial charge in [0.15, 0.2) is 0 Å². The van der Waals surface area contributed by atoms with Gasteiger partial charge in [0.1, 0.15) is 0 Å². The third-order valence-corrected chi connectivity index (χ3v) is 6.57. The number of thioether (sulfide) groups is 1. The summed E-state index contributed by atoms with van der Waals surface area (Å²) < 4.78 is 1.56. The van der Waals surface area contributed by atoms with Crippen LogP contribution in [0.4, 0.5) is 5.69 Å². The molecule has 0 saturated carbocycles. The number of nitrogens with two attached hydrogens (primary N) is 1. The normalized spacial score (nSPS) is 10.7. The van der Waals surface area contributed by atoms with E-state index in [4.69, 9.17) is 17.3 Å². The molecule has 0 radical (unpaired) electrons. The molecular weight excluding hydrogens is 476 g/mol. The van der Waals surface area contributed by atoms with Crippen LogP contribution in [0.5, 0.6) is 0 Å². The first kappa shape index (κ1) is 19.6. The van der Waals surface area contributed by atoms with Crippen molar-refractivity contribution >= 4 is 66.8 Å². The SMILES string of the molecule is CCSc1ccc(Cl)cc1CNC(=O)c1cc(Br)c(C)c(Br)c1N. The second kappa shape index (κ2) is 8.61. The van der Waals surface area contributed by atoms with E-state index in [0.29, 0.717) is 22.8 Å². The molecule has 0 aliphatic carbocycles. The maximum Gasteiger partial charge on any atom is 0.253 e. The van der Waals surface area contributed by atoms with Crippen LogP contribution in [0.15, 0.2) is 38.1 Å². The maximum atomic E-state index is 12.5. The highest BCUT2D eigenvalue weighted by Gasteiger charge is 2.16. The van der Waals surface area contributed by atoms with E-state index in [-0.39, 0.29) is 5.91 Å². The molecule has 0 fully saturated rings. The number of halogens is 3. The van der Waals surface area contributed by atoms with Crippen LogP contribution < -0.4 is 11.1 Å².